The topological polar surface area (TPSA) is 37.8 Å². The van der Waals surface area contributed by atoms with Crippen LogP contribution in [-0.2, 0) is 0 Å². The lowest BCUT2D eigenvalue weighted by Gasteiger charge is -2.12. The standard InChI is InChI=1S/C24H17N3/c1-2-11-18(12-3-1)25-24-21-14-6-7-16-22(21)26-23(27-24)20-15-8-10-17-9-4-5-13-19(17)20/h1-16H,(H,25,26,27). The van der Waals surface area contributed by atoms with E-state index in [2.05, 4.69) is 47.8 Å². The summed E-state index contributed by atoms with van der Waals surface area (Å²) in [7, 11) is 0. The molecule has 27 heavy (non-hydrogen) atoms. The molecule has 0 radical (unpaired) electrons. The molecule has 3 nitrogen and oxygen atoms in total. The largest absolute Gasteiger partial charge is 0.340 e. The van der Waals surface area contributed by atoms with Gasteiger partial charge in [-0.3, -0.25) is 0 Å². The van der Waals surface area contributed by atoms with Gasteiger partial charge >= 0.3 is 0 Å². The SMILES string of the molecule is c1ccc(Nc2nc(-c3cccc4ccccc34)nc3ccccc23)cc1. The third-order valence-electron chi connectivity index (χ3n) is 4.67. The second kappa shape index (κ2) is 6.54. The van der Waals surface area contributed by atoms with Gasteiger partial charge in [0.05, 0.1) is 5.52 Å². The van der Waals surface area contributed by atoms with Gasteiger partial charge in [-0.05, 0) is 35.0 Å². The molecule has 0 spiro atoms. The van der Waals surface area contributed by atoms with Crippen molar-refractivity contribution in [1.29, 1.82) is 0 Å². The fourth-order valence-electron chi connectivity index (χ4n) is 3.37. The number of rotatable bonds is 3. The van der Waals surface area contributed by atoms with Crippen molar-refractivity contribution in [3.8, 4) is 11.4 Å². The highest BCUT2D eigenvalue weighted by Crippen LogP contribution is 2.30. The highest BCUT2D eigenvalue weighted by atomic mass is 15.0. The molecule has 0 aliphatic heterocycles. The van der Waals surface area contributed by atoms with Crippen molar-refractivity contribution in [3.05, 3.63) is 97.1 Å². The molecule has 0 saturated heterocycles. The zero-order chi connectivity index (χ0) is 18.1. The summed E-state index contributed by atoms with van der Waals surface area (Å²) in [4.78, 5) is 9.74. The lowest BCUT2D eigenvalue weighted by atomic mass is 10.0. The van der Waals surface area contributed by atoms with Crippen LogP contribution < -0.4 is 5.32 Å². The number of anilines is 2. The molecule has 1 N–H and O–H groups in total. The number of nitrogens with zero attached hydrogens (tertiary/aromatic N) is 2. The fraction of sp³-hybridized carbons (Fsp3) is 0. The molecule has 5 aromatic rings. The highest BCUT2D eigenvalue weighted by molar-refractivity contribution is 5.98. The van der Waals surface area contributed by atoms with E-state index in [0.29, 0.717) is 0 Å². The molecular formula is C24H17N3. The number of nitrogens with one attached hydrogen (secondary N) is 1. The van der Waals surface area contributed by atoms with Crippen LogP contribution in [0.2, 0.25) is 0 Å². The third kappa shape index (κ3) is 2.89. The van der Waals surface area contributed by atoms with Gasteiger partial charge in [0.2, 0.25) is 0 Å². The Balaban J connectivity index is 1.74. The molecule has 1 aromatic heterocycles. The highest BCUT2D eigenvalue weighted by Gasteiger charge is 2.11. The Morgan fingerprint density at radius 2 is 1.26 bits per heavy atom. The minimum Gasteiger partial charge on any atom is -0.340 e. The number of benzene rings is 4. The van der Waals surface area contributed by atoms with Crippen molar-refractivity contribution in [2.75, 3.05) is 5.32 Å². The maximum Gasteiger partial charge on any atom is 0.162 e. The first-order chi connectivity index (χ1) is 13.4. The summed E-state index contributed by atoms with van der Waals surface area (Å²) in [6.07, 6.45) is 0. The van der Waals surface area contributed by atoms with E-state index in [1.54, 1.807) is 0 Å². The summed E-state index contributed by atoms with van der Waals surface area (Å²) in [6.45, 7) is 0. The lowest BCUT2D eigenvalue weighted by molar-refractivity contribution is 1.23. The van der Waals surface area contributed by atoms with Gasteiger partial charge in [0.15, 0.2) is 5.82 Å². The van der Waals surface area contributed by atoms with Gasteiger partial charge in [0.25, 0.3) is 0 Å². The first kappa shape index (κ1) is 15.5. The molecule has 0 atom stereocenters. The van der Waals surface area contributed by atoms with Crippen LogP contribution in [-0.4, -0.2) is 9.97 Å². The van der Waals surface area contributed by atoms with Crippen molar-refractivity contribution in [2.24, 2.45) is 0 Å². The monoisotopic (exact) mass is 347 g/mol. The minimum absolute atomic E-state index is 0.726. The van der Waals surface area contributed by atoms with Crippen molar-refractivity contribution in [1.82, 2.24) is 9.97 Å². The molecule has 0 amide bonds. The molecule has 0 bridgehead atoms. The Morgan fingerprint density at radius 3 is 2.15 bits per heavy atom. The summed E-state index contributed by atoms with van der Waals surface area (Å²) in [5, 5.41) is 6.80. The predicted octanol–water partition coefficient (Wildman–Crippen LogP) is 6.19. The van der Waals surface area contributed by atoms with E-state index >= 15 is 0 Å². The van der Waals surface area contributed by atoms with Crippen LogP contribution in [0.25, 0.3) is 33.1 Å². The van der Waals surface area contributed by atoms with Crippen LogP contribution in [0, 0.1) is 0 Å². The van der Waals surface area contributed by atoms with Gasteiger partial charge in [0.1, 0.15) is 5.82 Å². The number of fused-ring (bicyclic) bond motifs is 2. The zero-order valence-corrected chi connectivity index (χ0v) is 14.6. The number of hydrogen-bond acceptors (Lipinski definition) is 3. The number of hydrogen-bond donors (Lipinski definition) is 1. The van der Waals surface area contributed by atoms with Crippen LogP contribution >= 0.6 is 0 Å². The van der Waals surface area contributed by atoms with E-state index in [1.807, 2.05) is 54.6 Å². The van der Waals surface area contributed by atoms with Gasteiger partial charge in [0, 0.05) is 16.6 Å². The molecule has 0 saturated carbocycles. The maximum absolute atomic E-state index is 4.89. The van der Waals surface area contributed by atoms with Crippen molar-refractivity contribution in [3.63, 3.8) is 0 Å². The molecule has 0 aliphatic rings. The normalized spacial score (nSPS) is 11.0. The lowest BCUT2D eigenvalue weighted by Crippen LogP contribution is -1.99. The van der Waals surface area contributed by atoms with Gasteiger partial charge in [-0.15, -0.1) is 0 Å². The Labute approximate surface area is 157 Å². The number of aromatic nitrogens is 2. The summed E-state index contributed by atoms with van der Waals surface area (Å²) < 4.78 is 0. The van der Waals surface area contributed by atoms with Crippen molar-refractivity contribution < 1.29 is 0 Å². The number of para-hydroxylation sites is 2. The molecule has 0 fully saturated rings. The molecular weight excluding hydrogens is 330 g/mol. The Hall–Kier alpha value is -3.72. The van der Waals surface area contributed by atoms with E-state index < -0.39 is 0 Å². The second-order valence-electron chi connectivity index (χ2n) is 6.43. The van der Waals surface area contributed by atoms with Crippen LogP contribution in [0.4, 0.5) is 11.5 Å². The van der Waals surface area contributed by atoms with Crippen LogP contribution in [0.3, 0.4) is 0 Å². The summed E-state index contributed by atoms with van der Waals surface area (Å²) in [6, 6.07) is 32.8. The molecule has 3 heteroatoms. The van der Waals surface area contributed by atoms with Crippen LogP contribution in [0.1, 0.15) is 0 Å². The van der Waals surface area contributed by atoms with E-state index in [1.165, 1.54) is 5.39 Å². The molecule has 0 unspecified atom stereocenters. The van der Waals surface area contributed by atoms with Crippen LogP contribution in [0.5, 0.6) is 0 Å². The van der Waals surface area contributed by atoms with Gasteiger partial charge < -0.3 is 5.32 Å². The maximum atomic E-state index is 4.89. The fourth-order valence-corrected chi connectivity index (χ4v) is 3.37. The zero-order valence-electron chi connectivity index (χ0n) is 14.6. The minimum atomic E-state index is 0.726. The van der Waals surface area contributed by atoms with E-state index in [-0.39, 0.29) is 0 Å². The molecule has 0 aliphatic carbocycles. The van der Waals surface area contributed by atoms with E-state index in [0.717, 1.165) is 39.2 Å². The second-order valence-corrected chi connectivity index (χ2v) is 6.43. The summed E-state index contributed by atoms with van der Waals surface area (Å²) in [5.41, 5.74) is 2.97. The third-order valence-corrected chi connectivity index (χ3v) is 4.67. The summed E-state index contributed by atoms with van der Waals surface area (Å²) >= 11 is 0. The van der Waals surface area contributed by atoms with E-state index in [9.17, 15) is 0 Å². The Bertz CT molecular complexity index is 1240. The quantitative estimate of drug-likeness (QED) is 0.422. The Morgan fingerprint density at radius 1 is 0.556 bits per heavy atom. The first-order valence-corrected chi connectivity index (χ1v) is 8.95. The van der Waals surface area contributed by atoms with E-state index in [4.69, 9.17) is 9.97 Å². The van der Waals surface area contributed by atoms with Crippen molar-refractivity contribution >= 4 is 33.2 Å². The van der Waals surface area contributed by atoms with Crippen LogP contribution in [0.15, 0.2) is 97.1 Å². The molecule has 4 aromatic carbocycles. The van der Waals surface area contributed by atoms with Gasteiger partial charge in [-0.25, -0.2) is 9.97 Å². The molecule has 5 rings (SSSR count). The smallest absolute Gasteiger partial charge is 0.162 e. The van der Waals surface area contributed by atoms with Gasteiger partial charge in [-0.1, -0.05) is 72.8 Å². The first-order valence-electron chi connectivity index (χ1n) is 8.95. The summed E-state index contributed by atoms with van der Waals surface area (Å²) in [5.74, 6) is 1.54. The Kier molecular flexibility index (Phi) is 3.76. The predicted molar refractivity (Wildman–Crippen MR) is 112 cm³/mol. The van der Waals surface area contributed by atoms with Crippen molar-refractivity contribution in [2.45, 2.75) is 0 Å². The van der Waals surface area contributed by atoms with Gasteiger partial charge in [-0.2, -0.15) is 0 Å². The average molecular weight is 347 g/mol. The average Bonchev–Trinajstić information content (AvgIpc) is 2.74. The molecule has 1 heterocycles. The molecule has 128 valence electrons.